The molecule has 2 rings (SSSR count). The van der Waals surface area contributed by atoms with Crippen molar-refractivity contribution in [2.75, 3.05) is 19.0 Å². The molecule has 1 N–H and O–H groups in total. The maximum atomic E-state index is 12.2. The van der Waals surface area contributed by atoms with Crippen molar-refractivity contribution in [3.8, 4) is 11.5 Å². The van der Waals surface area contributed by atoms with Crippen LogP contribution in [0.4, 0.5) is 11.4 Å². The first-order valence-electron chi connectivity index (χ1n) is 8.40. The molecule has 0 fully saturated rings. The molecule has 0 radical (unpaired) electrons. The van der Waals surface area contributed by atoms with Gasteiger partial charge in [-0.15, -0.1) is 0 Å². The summed E-state index contributed by atoms with van der Waals surface area (Å²) in [5.74, 6) is 0.804. The number of amides is 1. The number of methoxy groups -OCH3 is 1. The number of hydrogen-bond donors (Lipinski definition) is 1. The number of halogens is 1. The van der Waals surface area contributed by atoms with Crippen LogP contribution in [-0.4, -0.2) is 24.5 Å². The summed E-state index contributed by atoms with van der Waals surface area (Å²) in [6.07, 6.45) is 1.03. The molecule has 1 amide bonds. The van der Waals surface area contributed by atoms with Crippen LogP contribution in [0.2, 0.25) is 0 Å². The summed E-state index contributed by atoms with van der Waals surface area (Å²) < 4.78 is 11.4. The van der Waals surface area contributed by atoms with Gasteiger partial charge in [-0.05, 0) is 52.0 Å². The van der Waals surface area contributed by atoms with E-state index in [1.165, 1.54) is 30.9 Å². The number of non-ortho nitro benzene ring substituents is 1. The zero-order chi connectivity index (χ0) is 20.0. The van der Waals surface area contributed by atoms with Crippen LogP contribution < -0.4 is 14.8 Å². The Morgan fingerprint density at radius 2 is 2.00 bits per heavy atom. The monoisotopic (exact) mass is 436 g/mol. The number of nitrogens with zero attached hydrogens (tertiary/aromatic N) is 1. The predicted octanol–water partition coefficient (Wildman–Crippen LogP) is 4.90. The molecule has 0 heterocycles. The van der Waals surface area contributed by atoms with E-state index in [1.54, 1.807) is 0 Å². The van der Waals surface area contributed by atoms with Gasteiger partial charge in [-0.3, -0.25) is 14.9 Å². The van der Waals surface area contributed by atoms with E-state index in [1.807, 2.05) is 18.2 Å². The normalized spacial score (nSPS) is 11.6. The van der Waals surface area contributed by atoms with Crippen molar-refractivity contribution in [2.24, 2.45) is 0 Å². The number of carbonyl (C=O) groups excluding carboxylic acids is 1. The fourth-order valence-electron chi connectivity index (χ4n) is 2.40. The lowest BCUT2D eigenvalue weighted by Crippen LogP contribution is -2.20. The van der Waals surface area contributed by atoms with E-state index in [9.17, 15) is 14.9 Å². The Morgan fingerprint density at radius 1 is 1.26 bits per heavy atom. The van der Waals surface area contributed by atoms with Crippen LogP contribution in [0.3, 0.4) is 0 Å². The van der Waals surface area contributed by atoms with Crippen LogP contribution in [0.1, 0.15) is 31.7 Å². The standard InChI is InChI=1S/C19H21BrN2O5/c1-4-12(2)13-5-8-17(15(20)9-13)27-11-19(23)21-16-7-6-14(22(24)25)10-18(16)26-3/h5-10,12H,4,11H2,1-3H3,(H,21,23). The Morgan fingerprint density at radius 3 is 2.59 bits per heavy atom. The summed E-state index contributed by atoms with van der Waals surface area (Å²) >= 11 is 3.47. The molecule has 8 heteroatoms. The van der Waals surface area contributed by atoms with Crippen LogP contribution in [0.15, 0.2) is 40.9 Å². The van der Waals surface area contributed by atoms with Gasteiger partial charge in [-0.25, -0.2) is 0 Å². The number of ether oxygens (including phenoxy) is 2. The smallest absolute Gasteiger partial charge is 0.273 e. The molecule has 1 atom stereocenters. The molecule has 0 bridgehead atoms. The Kier molecular flexibility index (Phi) is 7.18. The molecule has 2 aromatic carbocycles. The lowest BCUT2D eigenvalue weighted by molar-refractivity contribution is -0.384. The third-order valence-corrected chi connectivity index (χ3v) is 4.79. The third-order valence-electron chi connectivity index (χ3n) is 4.17. The molecule has 27 heavy (non-hydrogen) atoms. The van der Waals surface area contributed by atoms with E-state index in [0.717, 1.165) is 10.9 Å². The topological polar surface area (TPSA) is 90.7 Å². The second-order valence-corrected chi connectivity index (χ2v) is 6.83. The van der Waals surface area contributed by atoms with Gasteiger partial charge in [0.15, 0.2) is 6.61 Å². The van der Waals surface area contributed by atoms with Gasteiger partial charge in [0.25, 0.3) is 11.6 Å². The molecular formula is C19H21BrN2O5. The van der Waals surface area contributed by atoms with Gasteiger partial charge >= 0.3 is 0 Å². The van der Waals surface area contributed by atoms with Gasteiger partial charge in [0.05, 0.1) is 28.3 Å². The van der Waals surface area contributed by atoms with Crippen LogP contribution in [-0.2, 0) is 4.79 Å². The van der Waals surface area contributed by atoms with Gasteiger partial charge in [-0.1, -0.05) is 19.9 Å². The molecule has 0 aliphatic heterocycles. The molecular weight excluding hydrogens is 416 g/mol. The van der Waals surface area contributed by atoms with Crippen molar-refractivity contribution in [2.45, 2.75) is 26.2 Å². The minimum atomic E-state index is -0.530. The summed E-state index contributed by atoms with van der Waals surface area (Å²) in [6, 6.07) is 9.76. The van der Waals surface area contributed by atoms with Crippen molar-refractivity contribution < 1.29 is 19.2 Å². The maximum absolute atomic E-state index is 12.2. The lowest BCUT2D eigenvalue weighted by Gasteiger charge is -2.13. The van der Waals surface area contributed by atoms with E-state index >= 15 is 0 Å². The number of carbonyl (C=O) groups is 1. The zero-order valence-electron chi connectivity index (χ0n) is 15.3. The largest absolute Gasteiger partial charge is 0.494 e. The molecule has 1 unspecified atom stereocenters. The van der Waals surface area contributed by atoms with Gasteiger partial charge in [0.1, 0.15) is 11.5 Å². The first-order chi connectivity index (χ1) is 12.8. The molecule has 7 nitrogen and oxygen atoms in total. The van der Waals surface area contributed by atoms with Crippen LogP contribution in [0.5, 0.6) is 11.5 Å². The molecule has 0 saturated heterocycles. The van der Waals surface area contributed by atoms with Crippen molar-refractivity contribution >= 4 is 33.2 Å². The second-order valence-electron chi connectivity index (χ2n) is 5.98. The fraction of sp³-hybridized carbons (Fsp3) is 0.316. The average Bonchev–Trinajstić information content (AvgIpc) is 2.66. The Balaban J connectivity index is 2.01. The van der Waals surface area contributed by atoms with Gasteiger partial charge in [-0.2, -0.15) is 0 Å². The highest BCUT2D eigenvalue weighted by Crippen LogP contribution is 2.31. The first-order valence-corrected chi connectivity index (χ1v) is 9.19. The Labute approximate surface area is 166 Å². The molecule has 144 valence electrons. The average molecular weight is 437 g/mol. The predicted molar refractivity (Wildman–Crippen MR) is 107 cm³/mol. The summed E-state index contributed by atoms with van der Waals surface area (Å²) in [6.45, 7) is 4.06. The summed E-state index contributed by atoms with van der Waals surface area (Å²) in [5.41, 5.74) is 1.41. The van der Waals surface area contributed by atoms with Gasteiger partial charge < -0.3 is 14.8 Å². The van der Waals surface area contributed by atoms with Crippen molar-refractivity contribution in [3.63, 3.8) is 0 Å². The van der Waals surface area contributed by atoms with Gasteiger partial charge in [0.2, 0.25) is 0 Å². The number of anilines is 1. The molecule has 0 aliphatic carbocycles. The highest BCUT2D eigenvalue weighted by atomic mass is 79.9. The van der Waals surface area contributed by atoms with Crippen LogP contribution >= 0.6 is 15.9 Å². The highest BCUT2D eigenvalue weighted by molar-refractivity contribution is 9.10. The van der Waals surface area contributed by atoms with Gasteiger partial charge in [0, 0.05) is 6.07 Å². The second kappa shape index (κ2) is 9.36. The zero-order valence-corrected chi connectivity index (χ0v) is 16.9. The summed E-state index contributed by atoms with van der Waals surface area (Å²) in [4.78, 5) is 22.5. The molecule has 0 saturated carbocycles. The number of rotatable bonds is 8. The van der Waals surface area contributed by atoms with E-state index in [2.05, 4.69) is 35.1 Å². The first kappa shape index (κ1) is 20.7. The minimum Gasteiger partial charge on any atom is -0.494 e. The highest BCUT2D eigenvalue weighted by Gasteiger charge is 2.14. The van der Waals surface area contributed by atoms with E-state index in [4.69, 9.17) is 9.47 Å². The third kappa shape index (κ3) is 5.43. The molecule has 0 spiro atoms. The molecule has 0 aromatic heterocycles. The fourth-order valence-corrected chi connectivity index (χ4v) is 2.91. The number of nitrogens with one attached hydrogen (secondary N) is 1. The number of nitro groups is 1. The summed E-state index contributed by atoms with van der Waals surface area (Å²) in [5, 5.41) is 13.4. The minimum absolute atomic E-state index is 0.119. The molecule has 2 aromatic rings. The Hall–Kier alpha value is -2.61. The maximum Gasteiger partial charge on any atom is 0.273 e. The number of hydrogen-bond acceptors (Lipinski definition) is 5. The van der Waals surface area contributed by atoms with E-state index in [-0.39, 0.29) is 18.0 Å². The molecule has 0 aliphatic rings. The quantitative estimate of drug-likeness (QED) is 0.469. The van der Waals surface area contributed by atoms with E-state index < -0.39 is 10.8 Å². The number of nitro benzene ring substituents is 1. The van der Waals surface area contributed by atoms with Crippen molar-refractivity contribution in [1.29, 1.82) is 0 Å². The van der Waals surface area contributed by atoms with Crippen LogP contribution in [0.25, 0.3) is 0 Å². The Bertz CT molecular complexity index is 841. The summed E-state index contributed by atoms with van der Waals surface area (Å²) in [7, 11) is 1.38. The number of benzene rings is 2. The van der Waals surface area contributed by atoms with Crippen LogP contribution in [0, 0.1) is 10.1 Å². The van der Waals surface area contributed by atoms with Crippen molar-refractivity contribution in [3.05, 3.63) is 56.5 Å². The van der Waals surface area contributed by atoms with Crippen molar-refractivity contribution in [1.82, 2.24) is 0 Å². The van der Waals surface area contributed by atoms with E-state index in [0.29, 0.717) is 17.4 Å². The lowest BCUT2D eigenvalue weighted by atomic mass is 9.99. The SMILES string of the molecule is CCC(C)c1ccc(OCC(=O)Nc2ccc([N+](=O)[O-])cc2OC)c(Br)c1.